The summed E-state index contributed by atoms with van der Waals surface area (Å²) in [5, 5.41) is 0. The van der Waals surface area contributed by atoms with Crippen LogP contribution in [0.25, 0.3) is 5.65 Å². The van der Waals surface area contributed by atoms with Gasteiger partial charge in [0.25, 0.3) is 5.56 Å². The lowest BCUT2D eigenvalue weighted by Gasteiger charge is -2.25. The third-order valence-corrected chi connectivity index (χ3v) is 4.98. The molecule has 0 saturated heterocycles. The van der Waals surface area contributed by atoms with Gasteiger partial charge in [0.05, 0.1) is 5.69 Å². The van der Waals surface area contributed by atoms with Gasteiger partial charge in [-0.05, 0) is 49.6 Å². The molecule has 0 saturated carbocycles. The largest absolute Gasteiger partial charge is 0.294 e. The number of hydrogen-bond donors (Lipinski definition) is 0. The first-order chi connectivity index (χ1) is 11.6. The summed E-state index contributed by atoms with van der Waals surface area (Å²) in [6.07, 6.45) is 4.03. The van der Waals surface area contributed by atoms with Gasteiger partial charge in [-0.3, -0.25) is 14.1 Å². The lowest BCUT2D eigenvalue weighted by molar-refractivity contribution is 0.233. The number of fused-ring (bicyclic) bond motifs is 2. The van der Waals surface area contributed by atoms with Crippen LogP contribution in [0.2, 0.25) is 0 Å². The zero-order valence-electron chi connectivity index (χ0n) is 14.1. The Bertz CT molecular complexity index is 961. The van der Waals surface area contributed by atoms with E-state index in [9.17, 15) is 4.79 Å². The summed E-state index contributed by atoms with van der Waals surface area (Å²) < 4.78 is 1.61. The second kappa shape index (κ2) is 5.87. The van der Waals surface area contributed by atoms with E-state index < -0.39 is 0 Å². The summed E-state index contributed by atoms with van der Waals surface area (Å²) in [6, 6.07) is 14.6. The van der Waals surface area contributed by atoms with Crippen molar-refractivity contribution < 1.29 is 0 Å². The van der Waals surface area contributed by atoms with Crippen LogP contribution >= 0.6 is 0 Å². The van der Waals surface area contributed by atoms with Crippen molar-refractivity contribution in [3.8, 4) is 0 Å². The number of benzene rings is 1. The van der Waals surface area contributed by atoms with Crippen molar-refractivity contribution in [3.63, 3.8) is 0 Å². The number of rotatable bonds is 3. The van der Waals surface area contributed by atoms with Crippen LogP contribution in [0, 0.1) is 6.92 Å². The van der Waals surface area contributed by atoms with Gasteiger partial charge in [-0.2, -0.15) is 0 Å². The molecular formula is C20H21N3O. The van der Waals surface area contributed by atoms with Crippen molar-refractivity contribution in [1.29, 1.82) is 0 Å². The molecule has 2 heterocycles. The molecule has 1 aliphatic carbocycles. The average Bonchev–Trinajstić information content (AvgIpc) is 3.00. The maximum Gasteiger partial charge on any atom is 0.258 e. The minimum absolute atomic E-state index is 0.0149. The molecule has 0 fully saturated rings. The number of nitrogens with zero attached hydrogens (tertiary/aromatic N) is 3. The summed E-state index contributed by atoms with van der Waals surface area (Å²) >= 11 is 0. The molecule has 4 heteroatoms. The van der Waals surface area contributed by atoms with Crippen molar-refractivity contribution >= 4 is 5.65 Å². The van der Waals surface area contributed by atoms with Gasteiger partial charge in [0.1, 0.15) is 5.65 Å². The zero-order valence-corrected chi connectivity index (χ0v) is 14.1. The van der Waals surface area contributed by atoms with Gasteiger partial charge in [0.2, 0.25) is 0 Å². The topological polar surface area (TPSA) is 37.6 Å². The Morgan fingerprint density at radius 3 is 2.96 bits per heavy atom. The van der Waals surface area contributed by atoms with Crippen LogP contribution in [0.15, 0.2) is 53.5 Å². The van der Waals surface area contributed by atoms with Crippen LogP contribution in [0.3, 0.4) is 0 Å². The first-order valence-corrected chi connectivity index (χ1v) is 8.39. The van der Waals surface area contributed by atoms with E-state index in [0.29, 0.717) is 12.6 Å². The molecule has 24 heavy (non-hydrogen) atoms. The Hall–Kier alpha value is -2.46. The molecule has 4 rings (SSSR count). The molecule has 2 aromatic heterocycles. The van der Waals surface area contributed by atoms with E-state index in [4.69, 9.17) is 4.98 Å². The molecule has 0 amide bonds. The van der Waals surface area contributed by atoms with E-state index in [1.54, 1.807) is 16.7 Å². The minimum Gasteiger partial charge on any atom is -0.294 e. The molecule has 0 bridgehead atoms. The number of aryl methyl sites for hydroxylation is 2. The Morgan fingerprint density at radius 1 is 1.25 bits per heavy atom. The van der Waals surface area contributed by atoms with Crippen LogP contribution < -0.4 is 5.56 Å². The fraction of sp³-hybridized carbons (Fsp3) is 0.300. The monoisotopic (exact) mass is 319 g/mol. The Morgan fingerprint density at radius 2 is 2.08 bits per heavy atom. The van der Waals surface area contributed by atoms with Crippen LogP contribution in [-0.2, 0) is 13.0 Å². The van der Waals surface area contributed by atoms with Crippen molar-refractivity contribution in [2.24, 2.45) is 0 Å². The average molecular weight is 319 g/mol. The molecule has 122 valence electrons. The second-order valence-corrected chi connectivity index (χ2v) is 6.64. The van der Waals surface area contributed by atoms with Crippen LogP contribution in [0.4, 0.5) is 0 Å². The maximum absolute atomic E-state index is 12.4. The van der Waals surface area contributed by atoms with Gasteiger partial charge in [0.15, 0.2) is 0 Å². The van der Waals surface area contributed by atoms with E-state index in [1.165, 1.54) is 11.1 Å². The highest BCUT2D eigenvalue weighted by Crippen LogP contribution is 2.35. The van der Waals surface area contributed by atoms with Gasteiger partial charge in [-0.15, -0.1) is 0 Å². The molecule has 1 aromatic carbocycles. The number of aromatic nitrogens is 2. The van der Waals surface area contributed by atoms with E-state index in [1.807, 2.05) is 19.1 Å². The fourth-order valence-electron chi connectivity index (χ4n) is 3.75. The molecule has 0 spiro atoms. The fourth-order valence-corrected chi connectivity index (χ4v) is 3.75. The normalized spacial score (nSPS) is 16.7. The van der Waals surface area contributed by atoms with Crippen LogP contribution in [-0.4, -0.2) is 21.3 Å². The highest BCUT2D eigenvalue weighted by molar-refractivity contribution is 5.46. The summed E-state index contributed by atoms with van der Waals surface area (Å²) in [5.74, 6) is 0. The first-order valence-electron chi connectivity index (χ1n) is 8.39. The SMILES string of the molecule is Cc1cccn2c(=O)cc(CN(C)C3CCc4ccccc43)nc12. The number of pyridine rings is 1. The van der Waals surface area contributed by atoms with Crippen molar-refractivity contribution in [2.75, 3.05) is 7.05 Å². The predicted octanol–water partition coefficient (Wildman–Crippen LogP) is 3.12. The summed E-state index contributed by atoms with van der Waals surface area (Å²) in [7, 11) is 2.12. The van der Waals surface area contributed by atoms with Gasteiger partial charge in [-0.25, -0.2) is 4.98 Å². The van der Waals surface area contributed by atoms with E-state index in [2.05, 4.69) is 36.2 Å². The molecular weight excluding hydrogens is 298 g/mol. The summed E-state index contributed by atoms with van der Waals surface area (Å²) in [4.78, 5) is 19.4. The van der Waals surface area contributed by atoms with E-state index >= 15 is 0 Å². The molecule has 3 aromatic rings. The van der Waals surface area contributed by atoms with Crippen LogP contribution in [0.1, 0.15) is 34.8 Å². The van der Waals surface area contributed by atoms with Crippen molar-refractivity contribution in [3.05, 3.63) is 81.4 Å². The Kier molecular flexibility index (Phi) is 3.69. The van der Waals surface area contributed by atoms with Crippen molar-refractivity contribution in [1.82, 2.24) is 14.3 Å². The maximum atomic E-state index is 12.4. The molecule has 0 aliphatic heterocycles. The predicted molar refractivity (Wildman–Crippen MR) is 95.2 cm³/mol. The minimum atomic E-state index is -0.0149. The van der Waals surface area contributed by atoms with E-state index in [-0.39, 0.29) is 5.56 Å². The molecule has 0 radical (unpaired) electrons. The summed E-state index contributed by atoms with van der Waals surface area (Å²) in [6.45, 7) is 2.67. The second-order valence-electron chi connectivity index (χ2n) is 6.64. The van der Waals surface area contributed by atoms with Crippen molar-refractivity contribution in [2.45, 2.75) is 32.4 Å². The highest BCUT2D eigenvalue weighted by Gasteiger charge is 2.25. The van der Waals surface area contributed by atoms with Gasteiger partial charge in [-0.1, -0.05) is 30.3 Å². The highest BCUT2D eigenvalue weighted by atomic mass is 16.1. The lowest BCUT2D eigenvalue weighted by atomic mass is 10.1. The smallest absolute Gasteiger partial charge is 0.258 e. The van der Waals surface area contributed by atoms with Crippen LogP contribution in [0.5, 0.6) is 0 Å². The quantitative estimate of drug-likeness (QED) is 0.744. The molecule has 1 aliphatic rings. The molecule has 0 N–H and O–H groups in total. The third-order valence-electron chi connectivity index (χ3n) is 4.98. The standard InChI is InChI=1S/C20H21N3O/c1-14-6-5-11-23-19(24)12-16(21-20(14)23)13-22(2)18-10-9-15-7-3-4-8-17(15)18/h3-8,11-12,18H,9-10,13H2,1-2H3. The molecule has 1 unspecified atom stereocenters. The van der Waals surface area contributed by atoms with Gasteiger partial charge >= 0.3 is 0 Å². The number of hydrogen-bond acceptors (Lipinski definition) is 3. The van der Waals surface area contributed by atoms with Gasteiger partial charge in [0, 0.05) is 24.8 Å². The van der Waals surface area contributed by atoms with E-state index in [0.717, 1.165) is 29.7 Å². The summed E-state index contributed by atoms with van der Waals surface area (Å²) in [5.41, 5.74) is 5.44. The lowest BCUT2D eigenvalue weighted by Crippen LogP contribution is -2.25. The van der Waals surface area contributed by atoms with Gasteiger partial charge < -0.3 is 0 Å². The third kappa shape index (κ3) is 2.53. The Labute approximate surface area is 141 Å². The first kappa shape index (κ1) is 15.1. The molecule has 4 nitrogen and oxygen atoms in total. The zero-order chi connectivity index (χ0) is 16.7. The molecule has 1 atom stereocenters. The Balaban J connectivity index is 1.65.